The van der Waals surface area contributed by atoms with Gasteiger partial charge < -0.3 is 33.7 Å². The predicted molar refractivity (Wildman–Crippen MR) is 107 cm³/mol. The van der Waals surface area contributed by atoms with Gasteiger partial charge >= 0.3 is 5.97 Å². The molecule has 3 rings (SSSR count). The van der Waals surface area contributed by atoms with Crippen molar-refractivity contribution in [3.63, 3.8) is 0 Å². The van der Waals surface area contributed by atoms with Gasteiger partial charge in [-0.1, -0.05) is 0 Å². The van der Waals surface area contributed by atoms with E-state index < -0.39 is 18.0 Å². The molecule has 1 aliphatic rings. The molecule has 1 N–H and O–H groups in total. The summed E-state index contributed by atoms with van der Waals surface area (Å²) in [7, 11) is 4.47. The molecule has 0 unspecified atom stereocenters. The number of methoxy groups -OCH3 is 3. The molecule has 1 atom stereocenters. The number of anilines is 1. The van der Waals surface area contributed by atoms with E-state index in [1.807, 2.05) is 0 Å². The third kappa shape index (κ3) is 4.51. The number of amides is 1. The van der Waals surface area contributed by atoms with E-state index in [0.717, 1.165) is 0 Å². The second-order valence-electron chi connectivity index (χ2n) is 6.31. The molecule has 0 spiro atoms. The van der Waals surface area contributed by atoms with Crippen molar-refractivity contribution in [3.05, 3.63) is 35.9 Å². The third-order valence-corrected chi connectivity index (χ3v) is 4.37. The van der Waals surface area contributed by atoms with Gasteiger partial charge in [0.1, 0.15) is 13.2 Å². The fraction of sp³-hybridized carbons (Fsp3) is 0.333. The smallest absolute Gasteiger partial charge is 0.339 e. The fourth-order valence-electron chi connectivity index (χ4n) is 2.83. The molecule has 0 aliphatic carbocycles. The minimum absolute atomic E-state index is 0.182. The number of hydrogen-bond acceptors (Lipinski definition) is 8. The van der Waals surface area contributed by atoms with Gasteiger partial charge in [-0.2, -0.15) is 0 Å². The highest BCUT2D eigenvalue weighted by Gasteiger charge is 2.24. The van der Waals surface area contributed by atoms with E-state index in [1.165, 1.54) is 40.4 Å². The van der Waals surface area contributed by atoms with Crippen LogP contribution in [0.4, 0.5) is 5.69 Å². The molecule has 2 aromatic carbocycles. The second kappa shape index (κ2) is 9.25. The molecule has 1 amide bonds. The number of rotatable bonds is 7. The quantitative estimate of drug-likeness (QED) is 0.686. The highest BCUT2D eigenvalue weighted by molar-refractivity contribution is 5.98. The van der Waals surface area contributed by atoms with Crippen molar-refractivity contribution in [2.24, 2.45) is 0 Å². The number of ether oxygens (including phenoxy) is 6. The minimum Gasteiger partial charge on any atom is -0.493 e. The largest absolute Gasteiger partial charge is 0.493 e. The van der Waals surface area contributed by atoms with Crippen LogP contribution in [-0.2, 0) is 9.53 Å². The first-order valence-electron chi connectivity index (χ1n) is 9.18. The number of benzene rings is 2. The van der Waals surface area contributed by atoms with Crippen molar-refractivity contribution in [1.82, 2.24) is 0 Å². The van der Waals surface area contributed by atoms with Gasteiger partial charge in [0.25, 0.3) is 5.91 Å². The molecule has 160 valence electrons. The van der Waals surface area contributed by atoms with Gasteiger partial charge in [-0.3, -0.25) is 4.79 Å². The van der Waals surface area contributed by atoms with E-state index in [-0.39, 0.29) is 5.56 Å². The molecule has 2 aromatic rings. The number of esters is 1. The molecular formula is C21H23NO8. The Kier molecular flexibility index (Phi) is 6.51. The van der Waals surface area contributed by atoms with E-state index in [0.29, 0.717) is 47.6 Å². The Balaban J connectivity index is 1.69. The molecule has 0 bridgehead atoms. The molecule has 1 aliphatic heterocycles. The van der Waals surface area contributed by atoms with Crippen LogP contribution < -0.4 is 29.0 Å². The molecule has 0 fully saturated rings. The lowest BCUT2D eigenvalue weighted by Gasteiger charge is -2.21. The summed E-state index contributed by atoms with van der Waals surface area (Å²) in [5.41, 5.74) is 0.656. The average molecular weight is 417 g/mol. The van der Waals surface area contributed by atoms with Gasteiger partial charge in [0.05, 0.1) is 26.9 Å². The zero-order valence-corrected chi connectivity index (χ0v) is 17.1. The Labute approximate surface area is 173 Å². The van der Waals surface area contributed by atoms with Crippen LogP contribution in [0.2, 0.25) is 0 Å². The average Bonchev–Trinajstić information content (AvgIpc) is 2.77. The van der Waals surface area contributed by atoms with E-state index >= 15 is 0 Å². The number of nitrogens with one attached hydrogen (secondary N) is 1. The Morgan fingerprint density at radius 1 is 0.933 bits per heavy atom. The molecular weight excluding hydrogens is 394 g/mol. The van der Waals surface area contributed by atoms with Gasteiger partial charge in [0.15, 0.2) is 29.1 Å². The summed E-state index contributed by atoms with van der Waals surface area (Å²) in [4.78, 5) is 25.0. The van der Waals surface area contributed by atoms with Crippen molar-refractivity contribution < 1.29 is 38.0 Å². The standard InChI is InChI=1S/C21H23NO8/c1-12(20(23)22-14-5-6-15(25-2)16(11-14)26-3)30-21(24)13-9-17(27-4)19-18(10-13)28-7-8-29-19/h5-6,9-12H,7-8H2,1-4H3,(H,22,23)/t12-/m1/s1. The topological polar surface area (TPSA) is 102 Å². The van der Waals surface area contributed by atoms with Crippen LogP contribution >= 0.6 is 0 Å². The van der Waals surface area contributed by atoms with Crippen molar-refractivity contribution >= 4 is 17.6 Å². The maximum Gasteiger partial charge on any atom is 0.339 e. The first kappa shape index (κ1) is 21.1. The molecule has 9 heteroatoms. The second-order valence-corrected chi connectivity index (χ2v) is 6.31. The van der Waals surface area contributed by atoms with Crippen LogP contribution in [0.5, 0.6) is 28.7 Å². The lowest BCUT2D eigenvalue weighted by molar-refractivity contribution is -0.123. The van der Waals surface area contributed by atoms with Crippen molar-refractivity contribution in [2.75, 3.05) is 39.9 Å². The highest BCUT2D eigenvalue weighted by atomic mass is 16.6. The SMILES string of the molecule is COc1ccc(NC(=O)[C@@H](C)OC(=O)c2cc(OC)c3c(c2)OCCO3)cc1OC. The number of carbonyl (C=O) groups is 2. The van der Waals surface area contributed by atoms with Crippen molar-refractivity contribution in [3.8, 4) is 28.7 Å². The Morgan fingerprint density at radius 3 is 2.33 bits per heavy atom. The molecule has 30 heavy (non-hydrogen) atoms. The van der Waals surface area contributed by atoms with Gasteiger partial charge in [0.2, 0.25) is 5.75 Å². The predicted octanol–water partition coefficient (Wildman–Crippen LogP) is 2.67. The van der Waals surface area contributed by atoms with Crippen molar-refractivity contribution in [1.29, 1.82) is 0 Å². The summed E-state index contributed by atoms with van der Waals surface area (Å²) in [5.74, 6) is 0.960. The zero-order chi connectivity index (χ0) is 21.7. The van der Waals surface area contributed by atoms with Crippen LogP contribution in [0, 0.1) is 0 Å². The van der Waals surface area contributed by atoms with E-state index in [1.54, 1.807) is 18.2 Å². The fourth-order valence-corrected chi connectivity index (χ4v) is 2.83. The van der Waals surface area contributed by atoms with Gasteiger partial charge in [-0.05, 0) is 31.2 Å². The van der Waals surface area contributed by atoms with Crippen LogP contribution in [0.25, 0.3) is 0 Å². The summed E-state index contributed by atoms with van der Waals surface area (Å²) in [6, 6.07) is 7.90. The third-order valence-electron chi connectivity index (χ3n) is 4.37. The van der Waals surface area contributed by atoms with Gasteiger partial charge in [-0.15, -0.1) is 0 Å². The minimum atomic E-state index is -1.05. The normalized spacial score (nSPS) is 13.1. The number of fused-ring (bicyclic) bond motifs is 1. The lowest BCUT2D eigenvalue weighted by atomic mass is 10.1. The molecule has 0 aromatic heterocycles. The van der Waals surface area contributed by atoms with Crippen LogP contribution in [0.15, 0.2) is 30.3 Å². The highest BCUT2D eigenvalue weighted by Crippen LogP contribution is 2.40. The first-order chi connectivity index (χ1) is 14.5. The summed E-state index contributed by atoms with van der Waals surface area (Å²) >= 11 is 0. The van der Waals surface area contributed by atoms with E-state index in [2.05, 4.69) is 5.32 Å². The van der Waals surface area contributed by atoms with Crippen LogP contribution in [0.3, 0.4) is 0 Å². The van der Waals surface area contributed by atoms with Gasteiger partial charge in [0, 0.05) is 11.8 Å². The summed E-state index contributed by atoms with van der Waals surface area (Å²) in [6.07, 6.45) is -1.05. The zero-order valence-electron chi connectivity index (χ0n) is 17.1. The maximum atomic E-state index is 12.6. The van der Waals surface area contributed by atoms with E-state index in [4.69, 9.17) is 28.4 Å². The van der Waals surface area contributed by atoms with Crippen molar-refractivity contribution in [2.45, 2.75) is 13.0 Å². The molecule has 0 saturated carbocycles. The first-order valence-corrected chi connectivity index (χ1v) is 9.18. The molecule has 1 heterocycles. The Morgan fingerprint density at radius 2 is 1.63 bits per heavy atom. The summed E-state index contributed by atoms with van der Waals surface area (Å²) < 4.78 is 32.0. The maximum absolute atomic E-state index is 12.6. The number of hydrogen-bond donors (Lipinski definition) is 1. The van der Waals surface area contributed by atoms with Crippen LogP contribution in [-0.4, -0.2) is 52.5 Å². The Hall–Kier alpha value is -3.62. The van der Waals surface area contributed by atoms with E-state index in [9.17, 15) is 9.59 Å². The van der Waals surface area contributed by atoms with Crippen LogP contribution in [0.1, 0.15) is 17.3 Å². The summed E-state index contributed by atoms with van der Waals surface area (Å²) in [6.45, 7) is 2.22. The monoisotopic (exact) mass is 417 g/mol. The molecule has 0 radical (unpaired) electrons. The summed E-state index contributed by atoms with van der Waals surface area (Å²) in [5, 5.41) is 2.68. The number of carbonyl (C=O) groups excluding carboxylic acids is 2. The Bertz CT molecular complexity index is 926. The lowest BCUT2D eigenvalue weighted by Crippen LogP contribution is -2.30. The molecule has 0 saturated heterocycles. The van der Waals surface area contributed by atoms with Gasteiger partial charge in [-0.25, -0.2) is 4.79 Å². The molecule has 9 nitrogen and oxygen atoms in total.